The zero-order valence-corrected chi connectivity index (χ0v) is 13.1. The number of aromatic nitrogens is 2. The van der Waals surface area contributed by atoms with Gasteiger partial charge in [-0.05, 0) is 30.5 Å². The van der Waals surface area contributed by atoms with E-state index in [0.29, 0.717) is 11.3 Å². The van der Waals surface area contributed by atoms with Gasteiger partial charge in [-0.1, -0.05) is 12.1 Å². The molecule has 1 N–H and O–H groups in total. The Morgan fingerprint density at radius 3 is 2.48 bits per heavy atom. The normalized spacial score (nSPS) is 11.0. The number of thioether (sulfide) groups is 1. The first-order chi connectivity index (χ1) is 11.1. The van der Waals surface area contributed by atoms with Gasteiger partial charge < -0.3 is 5.11 Å². The first-order valence-electron chi connectivity index (χ1n) is 6.91. The van der Waals surface area contributed by atoms with Gasteiger partial charge >= 0.3 is 0 Å². The molecule has 2 aromatic carbocycles. The Bertz CT molecular complexity index is 831. The number of nitrogens with zero attached hydrogens (tertiary/aromatic N) is 2. The lowest BCUT2D eigenvalue weighted by Crippen LogP contribution is -1.99. The number of rotatable bonds is 4. The van der Waals surface area contributed by atoms with Crippen molar-refractivity contribution in [1.82, 2.24) is 9.78 Å². The molecule has 3 aromatic rings. The molecule has 3 rings (SSSR count). The number of hydrogen-bond donors (Lipinski definition) is 1. The monoisotopic (exact) mass is 332 g/mol. The summed E-state index contributed by atoms with van der Waals surface area (Å²) in [5, 5.41) is 13.9. The maximum atomic E-state index is 13.9. The smallest absolute Gasteiger partial charge is 0.151 e. The number of hydrogen-bond acceptors (Lipinski definition) is 3. The average molecular weight is 332 g/mol. The van der Waals surface area contributed by atoms with Gasteiger partial charge in [-0.15, -0.1) is 11.8 Å². The van der Waals surface area contributed by atoms with Crippen LogP contribution in [0.5, 0.6) is 0 Å². The molecule has 0 unspecified atom stereocenters. The molecule has 0 fully saturated rings. The van der Waals surface area contributed by atoms with Crippen LogP contribution in [0.25, 0.3) is 16.9 Å². The zero-order chi connectivity index (χ0) is 16.4. The van der Waals surface area contributed by atoms with Crippen LogP contribution in [0.3, 0.4) is 0 Å². The van der Waals surface area contributed by atoms with Crippen molar-refractivity contribution in [2.24, 2.45) is 0 Å². The lowest BCUT2D eigenvalue weighted by atomic mass is 10.1. The third-order valence-corrected chi connectivity index (χ3v) is 4.22. The lowest BCUT2D eigenvalue weighted by molar-refractivity contribution is 0.282. The second-order valence-corrected chi connectivity index (χ2v) is 5.81. The van der Waals surface area contributed by atoms with Crippen molar-refractivity contribution in [3.8, 4) is 16.9 Å². The molecule has 0 atom stereocenters. The molecule has 118 valence electrons. The minimum atomic E-state index is -0.707. The van der Waals surface area contributed by atoms with Gasteiger partial charge in [0.15, 0.2) is 5.82 Å². The molecule has 23 heavy (non-hydrogen) atoms. The summed E-state index contributed by atoms with van der Waals surface area (Å²) in [7, 11) is 0. The van der Waals surface area contributed by atoms with Crippen molar-refractivity contribution in [2.45, 2.75) is 11.5 Å². The largest absolute Gasteiger partial charge is 0.392 e. The number of aliphatic hydroxyl groups is 1. The van der Waals surface area contributed by atoms with Gasteiger partial charge in [0.05, 0.1) is 12.3 Å². The Kier molecular flexibility index (Phi) is 4.45. The molecule has 1 aromatic heterocycles. The average Bonchev–Trinajstić information content (AvgIpc) is 2.99. The first-order valence-corrected chi connectivity index (χ1v) is 8.14. The molecule has 3 nitrogen and oxygen atoms in total. The summed E-state index contributed by atoms with van der Waals surface area (Å²) >= 11 is 1.63. The van der Waals surface area contributed by atoms with Crippen LogP contribution in [0.2, 0.25) is 0 Å². The quantitative estimate of drug-likeness (QED) is 0.733. The van der Waals surface area contributed by atoms with Gasteiger partial charge in [-0.3, -0.25) is 0 Å². The van der Waals surface area contributed by atoms with Crippen LogP contribution in [-0.2, 0) is 6.61 Å². The van der Waals surface area contributed by atoms with Crippen molar-refractivity contribution < 1.29 is 13.9 Å². The van der Waals surface area contributed by atoms with Crippen molar-refractivity contribution in [2.75, 3.05) is 6.26 Å². The number of aliphatic hydroxyl groups excluding tert-OH is 1. The molecule has 0 aliphatic heterocycles. The van der Waals surface area contributed by atoms with Crippen LogP contribution in [0, 0.1) is 11.6 Å². The molecule has 0 aliphatic rings. The van der Waals surface area contributed by atoms with E-state index in [1.165, 1.54) is 16.8 Å². The molecule has 0 saturated heterocycles. The van der Waals surface area contributed by atoms with Gasteiger partial charge in [-0.2, -0.15) is 5.10 Å². The first kappa shape index (κ1) is 15.7. The maximum absolute atomic E-state index is 13.9. The fourth-order valence-electron chi connectivity index (χ4n) is 2.31. The summed E-state index contributed by atoms with van der Waals surface area (Å²) in [5.41, 5.74) is 2.11. The van der Waals surface area contributed by atoms with Crippen LogP contribution in [0.1, 0.15) is 5.56 Å². The Morgan fingerprint density at radius 2 is 1.87 bits per heavy atom. The van der Waals surface area contributed by atoms with Gasteiger partial charge in [0.1, 0.15) is 11.5 Å². The topological polar surface area (TPSA) is 38.0 Å². The van der Waals surface area contributed by atoms with E-state index in [9.17, 15) is 13.9 Å². The fraction of sp³-hybridized carbons (Fsp3) is 0.118. The van der Waals surface area contributed by atoms with Crippen LogP contribution < -0.4 is 0 Å². The Hall–Kier alpha value is -2.18. The second-order valence-electron chi connectivity index (χ2n) is 4.93. The molecule has 0 spiro atoms. The zero-order valence-electron chi connectivity index (χ0n) is 12.3. The van der Waals surface area contributed by atoms with Gasteiger partial charge in [0, 0.05) is 28.3 Å². The Balaban J connectivity index is 2.06. The van der Waals surface area contributed by atoms with Gasteiger partial charge in [-0.25, -0.2) is 13.5 Å². The van der Waals surface area contributed by atoms with E-state index in [1.54, 1.807) is 18.0 Å². The predicted octanol–water partition coefficient (Wildman–Crippen LogP) is 4.03. The van der Waals surface area contributed by atoms with E-state index in [4.69, 9.17) is 0 Å². The van der Waals surface area contributed by atoms with E-state index < -0.39 is 11.6 Å². The second kappa shape index (κ2) is 6.52. The molecular weight excluding hydrogens is 318 g/mol. The van der Waals surface area contributed by atoms with Crippen LogP contribution in [-0.4, -0.2) is 21.1 Å². The SMILES string of the molecule is CSc1ccc(-c2nn(-c3ccc(F)cc3F)cc2CO)cc1. The molecular formula is C17H14F2N2OS. The van der Waals surface area contributed by atoms with Crippen molar-refractivity contribution in [3.63, 3.8) is 0 Å². The highest BCUT2D eigenvalue weighted by Crippen LogP contribution is 2.26. The van der Waals surface area contributed by atoms with Gasteiger partial charge in [0.25, 0.3) is 0 Å². The summed E-state index contributed by atoms with van der Waals surface area (Å²) in [4.78, 5) is 1.11. The van der Waals surface area contributed by atoms with E-state index in [1.807, 2.05) is 30.5 Å². The van der Waals surface area contributed by atoms with E-state index in [0.717, 1.165) is 16.5 Å². The van der Waals surface area contributed by atoms with Crippen molar-refractivity contribution in [3.05, 3.63) is 65.9 Å². The fourth-order valence-corrected chi connectivity index (χ4v) is 2.72. The van der Waals surface area contributed by atoms with E-state index >= 15 is 0 Å². The van der Waals surface area contributed by atoms with Gasteiger partial charge in [0.2, 0.25) is 0 Å². The highest BCUT2D eigenvalue weighted by atomic mass is 32.2. The molecule has 0 saturated carbocycles. The molecule has 0 amide bonds. The Labute approximate surface area is 136 Å². The molecule has 6 heteroatoms. The maximum Gasteiger partial charge on any atom is 0.151 e. The summed E-state index contributed by atoms with van der Waals surface area (Å²) in [6.07, 6.45) is 3.54. The third-order valence-electron chi connectivity index (χ3n) is 3.48. The van der Waals surface area contributed by atoms with Crippen LogP contribution in [0.15, 0.2) is 53.6 Å². The van der Waals surface area contributed by atoms with Crippen molar-refractivity contribution in [1.29, 1.82) is 0 Å². The molecule has 1 heterocycles. The highest BCUT2D eigenvalue weighted by molar-refractivity contribution is 7.98. The Morgan fingerprint density at radius 1 is 1.13 bits per heavy atom. The third kappa shape index (κ3) is 3.13. The van der Waals surface area contributed by atoms with Crippen LogP contribution >= 0.6 is 11.8 Å². The molecule has 0 radical (unpaired) electrons. The minimum absolute atomic E-state index is 0.132. The predicted molar refractivity (Wildman–Crippen MR) is 86.6 cm³/mol. The standard InChI is InChI=1S/C17H14F2N2OS/c1-23-14-5-2-11(3-6-14)17-12(10-22)9-21(20-17)16-7-4-13(18)8-15(16)19/h2-9,22H,10H2,1H3. The summed E-state index contributed by atoms with van der Waals surface area (Å²) in [6.45, 7) is -0.220. The number of benzene rings is 2. The van der Waals surface area contributed by atoms with E-state index in [-0.39, 0.29) is 12.3 Å². The molecule has 0 aliphatic carbocycles. The minimum Gasteiger partial charge on any atom is -0.392 e. The van der Waals surface area contributed by atoms with Crippen molar-refractivity contribution >= 4 is 11.8 Å². The molecule has 0 bridgehead atoms. The van der Waals surface area contributed by atoms with E-state index in [2.05, 4.69) is 5.10 Å². The summed E-state index contributed by atoms with van der Waals surface area (Å²) in [6, 6.07) is 11.0. The van der Waals surface area contributed by atoms with Crippen LogP contribution in [0.4, 0.5) is 8.78 Å². The highest BCUT2D eigenvalue weighted by Gasteiger charge is 2.14. The number of halogens is 2. The summed E-state index contributed by atoms with van der Waals surface area (Å²) < 4.78 is 28.3. The lowest BCUT2D eigenvalue weighted by Gasteiger charge is -2.03. The summed E-state index contributed by atoms with van der Waals surface area (Å²) in [5.74, 6) is -1.35.